The molecule has 0 radical (unpaired) electrons. The highest BCUT2D eigenvalue weighted by atomic mass is 19.1. The molecular weight excluding hydrogens is 382 g/mol. The van der Waals surface area contributed by atoms with E-state index in [1.54, 1.807) is 12.1 Å². The number of Topliss-reactive ketones (excluding diaryl/α,β-unsaturated/α-hetero) is 1. The number of nitrogens with zero attached hydrogens (tertiary/aromatic N) is 2. The van der Waals surface area contributed by atoms with Gasteiger partial charge in [-0.15, -0.1) is 0 Å². The van der Waals surface area contributed by atoms with Crippen molar-refractivity contribution in [2.24, 2.45) is 0 Å². The summed E-state index contributed by atoms with van der Waals surface area (Å²) in [5.41, 5.74) is -0.346. The molecule has 2 fully saturated rings. The third-order valence-corrected chi connectivity index (χ3v) is 5.43. The van der Waals surface area contributed by atoms with Crippen LogP contribution in [-0.4, -0.2) is 35.4 Å². The summed E-state index contributed by atoms with van der Waals surface area (Å²) < 4.78 is 40.5. The second kappa shape index (κ2) is 6.79. The number of benzene rings is 1. The van der Waals surface area contributed by atoms with E-state index >= 15 is 0 Å². The number of ether oxygens (including phenoxy) is 2. The molecule has 1 saturated carbocycles. The third kappa shape index (κ3) is 3.22. The number of pyridine rings is 1. The van der Waals surface area contributed by atoms with E-state index in [0.29, 0.717) is 18.1 Å². The quantitative estimate of drug-likeness (QED) is 0.771. The van der Waals surface area contributed by atoms with Crippen LogP contribution in [0.5, 0.6) is 11.6 Å². The Balaban J connectivity index is 1.33. The third-order valence-electron chi connectivity index (χ3n) is 5.43. The van der Waals surface area contributed by atoms with Crippen molar-refractivity contribution in [2.45, 2.75) is 44.3 Å². The van der Waals surface area contributed by atoms with Crippen molar-refractivity contribution in [2.75, 3.05) is 11.4 Å². The highest BCUT2D eigenvalue weighted by molar-refractivity contribution is 6.04. The molecule has 1 aromatic heterocycles. The molecule has 1 aromatic carbocycles. The Morgan fingerprint density at radius 3 is 2.62 bits per heavy atom. The summed E-state index contributed by atoms with van der Waals surface area (Å²) >= 11 is 0. The number of anilines is 1. The summed E-state index contributed by atoms with van der Waals surface area (Å²) in [4.78, 5) is 30.0. The van der Waals surface area contributed by atoms with Gasteiger partial charge in [0.15, 0.2) is 17.7 Å². The Hall–Kier alpha value is -3.03. The number of amides is 1. The maximum Gasteiger partial charge on any atom is 0.268 e. The molecule has 3 aliphatic rings. The highest BCUT2D eigenvalue weighted by Crippen LogP contribution is 2.35. The van der Waals surface area contributed by atoms with Gasteiger partial charge in [0.2, 0.25) is 5.88 Å². The normalized spacial score (nSPS) is 20.9. The van der Waals surface area contributed by atoms with Crippen LogP contribution in [0.2, 0.25) is 0 Å². The molecule has 8 heteroatoms. The summed E-state index contributed by atoms with van der Waals surface area (Å²) in [7, 11) is 0. The van der Waals surface area contributed by atoms with E-state index in [-0.39, 0.29) is 42.3 Å². The Morgan fingerprint density at radius 1 is 1.07 bits per heavy atom. The van der Waals surface area contributed by atoms with Crippen LogP contribution in [0.3, 0.4) is 0 Å². The zero-order chi connectivity index (χ0) is 20.1. The van der Waals surface area contributed by atoms with Crippen molar-refractivity contribution in [3.8, 4) is 11.6 Å². The molecule has 1 aliphatic heterocycles. The Labute approximate surface area is 165 Å². The van der Waals surface area contributed by atoms with Gasteiger partial charge in [0, 0.05) is 37.1 Å². The molecule has 1 saturated heterocycles. The van der Waals surface area contributed by atoms with Gasteiger partial charge >= 0.3 is 0 Å². The predicted molar refractivity (Wildman–Crippen MR) is 98.3 cm³/mol. The smallest absolute Gasteiger partial charge is 0.268 e. The molecule has 0 spiro atoms. The average Bonchev–Trinajstić information content (AvgIpc) is 3.33. The lowest BCUT2D eigenvalue weighted by Gasteiger charge is -2.19. The van der Waals surface area contributed by atoms with Gasteiger partial charge in [-0.25, -0.2) is 13.8 Å². The monoisotopic (exact) mass is 400 g/mol. The maximum absolute atomic E-state index is 14.9. The lowest BCUT2D eigenvalue weighted by atomic mass is 10.1. The van der Waals surface area contributed by atoms with Crippen LogP contribution in [0.1, 0.15) is 41.6 Å². The minimum Gasteiger partial charge on any atom is -0.479 e. The fraction of sp³-hybridized carbons (Fsp3) is 0.381. The molecule has 5 rings (SSSR count). The molecule has 1 atom stereocenters. The first-order valence-electron chi connectivity index (χ1n) is 9.66. The van der Waals surface area contributed by atoms with Gasteiger partial charge in [-0.1, -0.05) is 0 Å². The molecule has 0 bridgehead atoms. The summed E-state index contributed by atoms with van der Waals surface area (Å²) in [6.07, 6.45) is 3.50. The van der Waals surface area contributed by atoms with Crippen molar-refractivity contribution in [1.29, 1.82) is 0 Å². The van der Waals surface area contributed by atoms with Crippen molar-refractivity contribution >= 4 is 17.4 Å². The van der Waals surface area contributed by atoms with Gasteiger partial charge in [0.05, 0.1) is 17.4 Å². The first kappa shape index (κ1) is 18.0. The second-order valence-electron chi connectivity index (χ2n) is 7.50. The molecule has 6 nitrogen and oxygen atoms in total. The fourth-order valence-electron chi connectivity index (χ4n) is 3.77. The van der Waals surface area contributed by atoms with E-state index in [1.165, 1.54) is 6.20 Å². The number of carbonyl (C=O) groups excluding carboxylic acids is 2. The van der Waals surface area contributed by atoms with Crippen LogP contribution < -0.4 is 14.4 Å². The Kier molecular flexibility index (Phi) is 4.22. The zero-order valence-corrected chi connectivity index (χ0v) is 15.5. The van der Waals surface area contributed by atoms with Crippen LogP contribution in [-0.2, 0) is 11.2 Å². The van der Waals surface area contributed by atoms with Gasteiger partial charge in [-0.2, -0.15) is 0 Å². The lowest BCUT2D eigenvalue weighted by Crippen LogP contribution is -2.33. The molecule has 1 unspecified atom stereocenters. The van der Waals surface area contributed by atoms with E-state index in [4.69, 9.17) is 9.47 Å². The molecule has 2 heterocycles. The standard InChI is InChI=1S/C21H18F2N2O4/c22-14-9-15(20(23)19-13(14)4-5-16(19)26)25-8-7-17(21(25)27)28-12-3-6-18(24-10-12)29-11-1-2-11/h3,6,9-11,17H,1-2,4-5,7-8H2. The number of ketones is 1. The van der Waals surface area contributed by atoms with Gasteiger partial charge in [-0.05, 0) is 25.3 Å². The fourth-order valence-corrected chi connectivity index (χ4v) is 3.77. The van der Waals surface area contributed by atoms with Crippen LogP contribution in [0.25, 0.3) is 0 Å². The van der Waals surface area contributed by atoms with Crippen LogP contribution in [0.15, 0.2) is 24.4 Å². The first-order chi connectivity index (χ1) is 14.0. The van der Waals surface area contributed by atoms with Crippen molar-refractivity contribution in [3.05, 3.63) is 47.2 Å². The van der Waals surface area contributed by atoms with Gasteiger partial charge in [-0.3, -0.25) is 9.59 Å². The summed E-state index contributed by atoms with van der Waals surface area (Å²) in [5, 5.41) is 0. The zero-order valence-electron chi connectivity index (χ0n) is 15.5. The molecule has 0 N–H and O–H groups in total. The second-order valence-corrected chi connectivity index (χ2v) is 7.50. The summed E-state index contributed by atoms with van der Waals surface area (Å²) in [6.45, 7) is 0.170. The number of halogens is 2. The van der Waals surface area contributed by atoms with Crippen LogP contribution in [0, 0.1) is 11.6 Å². The van der Waals surface area contributed by atoms with Crippen molar-refractivity contribution in [3.63, 3.8) is 0 Å². The van der Waals surface area contributed by atoms with Gasteiger partial charge in [0.25, 0.3) is 5.91 Å². The number of aromatic nitrogens is 1. The van der Waals surface area contributed by atoms with Crippen LogP contribution in [0.4, 0.5) is 14.5 Å². The number of rotatable bonds is 5. The minimum atomic E-state index is -0.835. The average molecular weight is 400 g/mol. The number of carbonyl (C=O) groups is 2. The topological polar surface area (TPSA) is 68.7 Å². The SMILES string of the molecule is O=C1CCc2c(F)cc(N3CCC(Oc4ccc(OC5CC5)nc4)C3=O)c(F)c21. The van der Waals surface area contributed by atoms with Crippen LogP contribution >= 0.6 is 0 Å². The minimum absolute atomic E-state index is 0.0831. The van der Waals surface area contributed by atoms with Crippen molar-refractivity contribution < 1.29 is 27.8 Å². The molecule has 1 amide bonds. The molecular formula is C21H18F2N2O4. The first-order valence-corrected chi connectivity index (χ1v) is 9.66. The highest BCUT2D eigenvalue weighted by Gasteiger charge is 2.38. The Morgan fingerprint density at radius 2 is 1.90 bits per heavy atom. The number of hydrogen-bond donors (Lipinski definition) is 0. The molecule has 150 valence electrons. The number of fused-ring (bicyclic) bond motifs is 1. The van der Waals surface area contributed by atoms with Crippen molar-refractivity contribution in [1.82, 2.24) is 4.98 Å². The Bertz CT molecular complexity index is 1000. The molecule has 2 aliphatic carbocycles. The van der Waals surface area contributed by atoms with Gasteiger partial charge in [0.1, 0.15) is 17.7 Å². The lowest BCUT2D eigenvalue weighted by molar-refractivity contribution is -0.122. The largest absolute Gasteiger partial charge is 0.479 e. The van der Waals surface area contributed by atoms with Gasteiger partial charge < -0.3 is 14.4 Å². The van der Waals surface area contributed by atoms with E-state index in [0.717, 1.165) is 23.8 Å². The molecule has 29 heavy (non-hydrogen) atoms. The summed E-state index contributed by atoms with van der Waals surface area (Å²) in [5.74, 6) is -1.51. The maximum atomic E-state index is 14.9. The number of hydrogen-bond acceptors (Lipinski definition) is 5. The van der Waals surface area contributed by atoms with E-state index < -0.39 is 29.4 Å². The predicted octanol–water partition coefficient (Wildman–Crippen LogP) is 3.21. The van der Waals surface area contributed by atoms with E-state index in [9.17, 15) is 18.4 Å². The van der Waals surface area contributed by atoms with E-state index in [1.807, 2.05) is 0 Å². The summed E-state index contributed by atoms with van der Waals surface area (Å²) in [6, 6.07) is 4.33. The molecule has 2 aromatic rings. The van der Waals surface area contributed by atoms with E-state index in [2.05, 4.69) is 4.98 Å².